The molecule has 29 heavy (non-hydrogen) atoms. The molecule has 0 bridgehead atoms. The number of anilines is 1. The van der Waals surface area contributed by atoms with E-state index in [0.29, 0.717) is 17.9 Å². The van der Waals surface area contributed by atoms with Gasteiger partial charge in [0, 0.05) is 17.8 Å². The predicted octanol–water partition coefficient (Wildman–Crippen LogP) is 3.04. The highest BCUT2D eigenvalue weighted by Gasteiger charge is 2.39. The molecule has 0 saturated heterocycles. The van der Waals surface area contributed by atoms with Crippen LogP contribution in [0.1, 0.15) is 6.42 Å². The first-order valence-corrected chi connectivity index (χ1v) is 9.50. The van der Waals surface area contributed by atoms with Crippen molar-refractivity contribution in [2.45, 2.75) is 24.7 Å². The molecule has 6 nitrogen and oxygen atoms in total. The standard InChI is InChI=1S/C22H20FN4O2/c1-12-8-18(22(29)21(12)28)25-19-6-7-24-20-11-17(26-27(19)20)15-3-2-14-10-16(23)5-4-13(14)9-15/h2-7,9-12,18,21-22,25,28-29H,1,8H2/t12-,18-,21-,22+/m1/s1. The van der Waals surface area contributed by atoms with Gasteiger partial charge in [0.05, 0.1) is 17.8 Å². The van der Waals surface area contributed by atoms with Crippen LogP contribution in [0.25, 0.3) is 27.7 Å². The van der Waals surface area contributed by atoms with E-state index in [1.807, 2.05) is 24.3 Å². The number of hydrogen-bond acceptors (Lipinski definition) is 5. The molecule has 147 valence electrons. The predicted molar refractivity (Wildman–Crippen MR) is 109 cm³/mol. The maximum Gasteiger partial charge on any atom is 0.157 e. The van der Waals surface area contributed by atoms with Crippen molar-refractivity contribution in [3.05, 3.63) is 67.5 Å². The van der Waals surface area contributed by atoms with Crippen molar-refractivity contribution in [2.75, 3.05) is 5.32 Å². The van der Waals surface area contributed by atoms with E-state index in [1.165, 1.54) is 12.1 Å². The van der Waals surface area contributed by atoms with E-state index in [4.69, 9.17) is 0 Å². The molecule has 4 atom stereocenters. The number of benzene rings is 2. The van der Waals surface area contributed by atoms with Gasteiger partial charge in [-0.2, -0.15) is 9.61 Å². The van der Waals surface area contributed by atoms with E-state index in [9.17, 15) is 14.6 Å². The van der Waals surface area contributed by atoms with Crippen molar-refractivity contribution in [3.8, 4) is 11.3 Å². The quantitative estimate of drug-likeness (QED) is 0.500. The second-order valence-corrected chi connectivity index (χ2v) is 7.56. The Morgan fingerprint density at radius 2 is 1.83 bits per heavy atom. The van der Waals surface area contributed by atoms with E-state index >= 15 is 0 Å². The van der Waals surface area contributed by atoms with Gasteiger partial charge in [0.1, 0.15) is 17.7 Å². The number of nitrogens with one attached hydrogen (secondary N) is 1. The van der Waals surface area contributed by atoms with Crippen molar-refractivity contribution in [2.24, 2.45) is 5.92 Å². The van der Waals surface area contributed by atoms with Gasteiger partial charge in [-0.25, -0.2) is 9.37 Å². The lowest BCUT2D eigenvalue weighted by Gasteiger charge is -2.19. The van der Waals surface area contributed by atoms with Gasteiger partial charge in [-0.15, -0.1) is 0 Å². The highest BCUT2D eigenvalue weighted by atomic mass is 19.1. The van der Waals surface area contributed by atoms with Crippen LogP contribution in [0.3, 0.4) is 0 Å². The second-order valence-electron chi connectivity index (χ2n) is 7.56. The van der Waals surface area contributed by atoms with Gasteiger partial charge >= 0.3 is 0 Å². The zero-order valence-corrected chi connectivity index (χ0v) is 15.5. The smallest absolute Gasteiger partial charge is 0.157 e. The summed E-state index contributed by atoms with van der Waals surface area (Å²) in [6.45, 7) is 3.89. The maximum absolute atomic E-state index is 13.4. The van der Waals surface area contributed by atoms with E-state index < -0.39 is 12.2 Å². The highest BCUT2D eigenvalue weighted by molar-refractivity contribution is 5.87. The molecule has 5 rings (SSSR count). The largest absolute Gasteiger partial charge is 0.390 e. The molecule has 7 heteroatoms. The Kier molecular flexibility index (Phi) is 4.22. The van der Waals surface area contributed by atoms with Crippen LogP contribution < -0.4 is 5.32 Å². The van der Waals surface area contributed by atoms with Gasteiger partial charge in [0.15, 0.2) is 5.65 Å². The van der Waals surface area contributed by atoms with E-state index in [-0.39, 0.29) is 17.8 Å². The number of hydrogen-bond donors (Lipinski definition) is 3. The molecule has 1 radical (unpaired) electrons. The van der Waals surface area contributed by atoms with Crippen molar-refractivity contribution in [3.63, 3.8) is 0 Å². The lowest BCUT2D eigenvalue weighted by molar-refractivity contribution is 0.0256. The van der Waals surface area contributed by atoms with E-state index in [2.05, 4.69) is 22.3 Å². The Morgan fingerprint density at radius 1 is 1.03 bits per heavy atom. The molecule has 1 fully saturated rings. The fourth-order valence-electron chi connectivity index (χ4n) is 3.98. The van der Waals surface area contributed by atoms with Crippen molar-refractivity contribution < 1.29 is 14.6 Å². The SMILES string of the molecule is [CH2][C@@H]1C[C@@H](Nc2ccnc3cc(-c4ccc5cc(F)ccc5c4)nn23)[C@H](O)[C@@H]1O. The van der Waals surface area contributed by atoms with Crippen LogP contribution in [0.5, 0.6) is 0 Å². The Bertz CT molecular complexity index is 1210. The molecule has 0 aliphatic heterocycles. The number of aliphatic hydroxyl groups is 2. The summed E-state index contributed by atoms with van der Waals surface area (Å²) in [7, 11) is 0. The first-order valence-electron chi connectivity index (χ1n) is 9.50. The molecule has 2 aromatic heterocycles. The number of aromatic nitrogens is 3. The zero-order chi connectivity index (χ0) is 20.1. The van der Waals surface area contributed by atoms with Gasteiger partial charge in [-0.05, 0) is 54.3 Å². The van der Waals surface area contributed by atoms with Gasteiger partial charge in [0.25, 0.3) is 0 Å². The lowest BCUT2D eigenvalue weighted by Crippen LogP contribution is -2.35. The number of fused-ring (bicyclic) bond motifs is 2. The average molecular weight is 391 g/mol. The van der Waals surface area contributed by atoms with Crippen LogP contribution >= 0.6 is 0 Å². The maximum atomic E-state index is 13.4. The second kappa shape index (κ2) is 6.79. The van der Waals surface area contributed by atoms with Gasteiger partial charge in [-0.1, -0.05) is 18.2 Å². The summed E-state index contributed by atoms with van der Waals surface area (Å²) in [5.74, 6) is 0.187. The van der Waals surface area contributed by atoms with Crippen molar-refractivity contribution >= 4 is 22.2 Å². The van der Waals surface area contributed by atoms with Crippen molar-refractivity contribution in [1.82, 2.24) is 14.6 Å². The fraction of sp³-hybridized carbons (Fsp3) is 0.227. The highest BCUT2D eigenvalue weighted by Crippen LogP contribution is 2.30. The first-order chi connectivity index (χ1) is 14.0. The number of nitrogens with zero attached hydrogens (tertiary/aromatic N) is 3. The zero-order valence-electron chi connectivity index (χ0n) is 15.5. The molecule has 3 N–H and O–H groups in total. The minimum absolute atomic E-state index is 0.226. The topological polar surface area (TPSA) is 82.7 Å². The summed E-state index contributed by atoms with van der Waals surface area (Å²) in [6.07, 6.45) is 0.491. The van der Waals surface area contributed by atoms with Crippen LogP contribution in [0.4, 0.5) is 10.2 Å². The van der Waals surface area contributed by atoms with Crippen LogP contribution in [0.2, 0.25) is 0 Å². The monoisotopic (exact) mass is 391 g/mol. The first kappa shape index (κ1) is 18.0. The Morgan fingerprint density at radius 3 is 2.62 bits per heavy atom. The van der Waals surface area contributed by atoms with E-state index in [0.717, 1.165) is 22.0 Å². The van der Waals surface area contributed by atoms with Crippen LogP contribution in [-0.2, 0) is 0 Å². The molecule has 0 amide bonds. The molecule has 0 unspecified atom stereocenters. The fourth-order valence-corrected chi connectivity index (χ4v) is 3.98. The average Bonchev–Trinajstić information content (AvgIpc) is 3.26. The molecular weight excluding hydrogens is 371 g/mol. The molecule has 1 saturated carbocycles. The summed E-state index contributed by atoms with van der Waals surface area (Å²) in [4.78, 5) is 4.37. The van der Waals surface area contributed by atoms with Crippen LogP contribution in [0, 0.1) is 18.7 Å². The third kappa shape index (κ3) is 3.12. The number of halogens is 1. The molecule has 0 spiro atoms. The molecule has 1 aliphatic rings. The van der Waals surface area contributed by atoms with Crippen molar-refractivity contribution in [1.29, 1.82) is 0 Å². The summed E-state index contributed by atoms with van der Waals surface area (Å²) in [6, 6.07) is 13.8. The molecular formula is C22H20FN4O2. The molecule has 1 aliphatic carbocycles. The molecule has 2 aromatic carbocycles. The van der Waals surface area contributed by atoms with Gasteiger partial charge in [-0.3, -0.25) is 0 Å². The minimum atomic E-state index is -0.892. The number of rotatable bonds is 3. The minimum Gasteiger partial charge on any atom is -0.390 e. The summed E-state index contributed by atoms with van der Waals surface area (Å²) in [5.41, 5.74) is 2.29. The van der Waals surface area contributed by atoms with Gasteiger partial charge < -0.3 is 15.5 Å². The third-order valence-electron chi connectivity index (χ3n) is 5.59. The molecule has 2 heterocycles. The Labute approximate surface area is 166 Å². The van der Waals surface area contributed by atoms with Crippen LogP contribution in [-0.4, -0.2) is 43.1 Å². The summed E-state index contributed by atoms with van der Waals surface area (Å²) >= 11 is 0. The number of aliphatic hydroxyl groups excluding tert-OH is 2. The normalized spacial score (nSPS) is 24.4. The molecule has 4 aromatic rings. The Balaban J connectivity index is 1.51. The van der Waals surface area contributed by atoms with E-state index in [1.54, 1.807) is 22.8 Å². The summed E-state index contributed by atoms with van der Waals surface area (Å²) < 4.78 is 15.1. The third-order valence-corrected chi connectivity index (χ3v) is 5.59. The van der Waals surface area contributed by atoms with Gasteiger partial charge in [0.2, 0.25) is 0 Å². The Hall–Kier alpha value is -3.03. The summed E-state index contributed by atoms with van der Waals surface area (Å²) in [5, 5.41) is 29.9. The van der Waals surface area contributed by atoms with Crippen LogP contribution in [0.15, 0.2) is 54.7 Å². The lowest BCUT2D eigenvalue weighted by atomic mass is 10.1.